The van der Waals surface area contributed by atoms with Crippen molar-refractivity contribution >= 4 is 41.7 Å². The van der Waals surface area contributed by atoms with Crippen LogP contribution in [0, 0.1) is 23.1 Å². The maximum Gasteiger partial charge on any atom is 0.410 e. The van der Waals surface area contributed by atoms with Gasteiger partial charge in [0.2, 0.25) is 5.88 Å². The molecule has 7 heterocycles. The van der Waals surface area contributed by atoms with Gasteiger partial charge in [-0.2, -0.15) is 9.97 Å². The molecule has 1 unspecified atom stereocenters. The normalized spacial score (nSPS) is 24.5. The number of piperazine rings is 1. The molecule has 9 rings (SSSR count). The number of anilines is 1. The van der Waals surface area contributed by atoms with Crippen molar-refractivity contribution in [3.63, 3.8) is 0 Å². The Morgan fingerprint density at radius 1 is 1.02 bits per heavy atom. The molecule has 4 saturated heterocycles. The van der Waals surface area contributed by atoms with Crippen molar-refractivity contribution in [3.05, 3.63) is 59.7 Å². The number of benzene rings is 2. The number of nitrogens with zero attached hydrogens (tertiary/aromatic N) is 6. The fourth-order valence-electron chi connectivity index (χ4n) is 12.2. The van der Waals surface area contributed by atoms with E-state index in [9.17, 15) is 4.79 Å². The predicted octanol–water partition coefficient (Wildman–Crippen LogP) is 10.6. The van der Waals surface area contributed by atoms with Gasteiger partial charge in [0.25, 0.3) is 0 Å². The Labute approximate surface area is 371 Å². The van der Waals surface area contributed by atoms with Crippen molar-refractivity contribution < 1.29 is 27.8 Å². The van der Waals surface area contributed by atoms with Crippen LogP contribution in [-0.2, 0) is 4.74 Å². The lowest BCUT2D eigenvalue weighted by Gasteiger charge is -2.48. The number of carbonyl (C=O) groups excluding carboxylic acids is 1. The average Bonchev–Trinajstić information content (AvgIpc) is 3.85. The Morgan fingerprint density at radius 3 is 2.48 bits per heavy atom. The van der Waals surface area contributed by atoms with Crippen LogP contribution < -0.4 is 14.4 Å². The van der Waals surface area contributed by atoms with Crippen LogP contribution >= 0.6 is 0 Å². The van der Waals surface area contributed by atoms with Gasteiger partial charge in [-0.3, -0.25) is 9.80 Å². The Hall–Kier alpha value is -4.80. The first-order valence-electron chi connectivity index (χ1n) is 23.0. The van der Waals surface area contributed by atoms with Crippen LogP contribution in [0.15, 0.2) is 42.5 Å². The fraction of sp³-hybridized carbons (Fsp3) is 0.560. The van der Waals surface area contributed by atoms with Crippen LogP contribution in [0.25, 0.3) is 32.9 Å². The second-order valence-electron chi connectivity index (χ2n) is 20.5. The minimum atomic E-state index is -2.29. The molecule has 13 heteroatoms. The van der Waals surface area contributed by atoms with Gasteiger partial charge in [-0.15, -0.1) is 5.54 Å². The van der Waals surface area contributed by atoms with E-state index in [0.29, 0.717) is 50.7 Å². The molecule has 0 radical (unpaired) electrons. The number of rotatable bonds is 7. The number of halogens is 2. The Bertz CT molecular complexity index is 2560. The minimum Gasteiger partial charge on any atom is -0.472 e. The summed E-state index contributed by atoms with van der Waals surface area (Å²) in [6, 6.07) is 7.89. The number of hydrogen-bond donors (Lipinski definition) is 0. The lowest BCUT2D eigenvalue weighted by molar-refractivity contribution is 0.000935. The molecule has 1 amide bonds. The smallest absolute Gasteiger partial charge is 0.410 e. The maximum atomic E-state index is 18.0. The first kappa shape index (κ1) is 43.4. The van der Waals surface area contributed by atoms with Gasteiger partial charge in [0.15, 0.2) is 5.82 Å². The molecule has 2 aromatic carbocycles. The molecule has 4 fully saturated rings. The number of hydrogen-bond acceptors (Lipinski definition) is 9. The van der Waals surface area contributed by atoms with Crippen molar-refractivity contribution in [2.75, 3.05) is 31.1 Å². The van der Waals surface area contributed by atoms with Crippen LogP contribution in [0.2, 0.25) is 16.6 Å². The monoisotopic (exact) mass is 876 g/mol. The third-order valence-corrected chi connectivity index (χ3v) is 21.3. The average molecular weight is 877 g/mol. The second kappa shape index (κ2) is 15.7. The lowest BCUT2D eigenvalue weighted by Crippen LogP contribution is -2.65. The molecule has 2 bridgehead atoms. The number of pyridine rings is 1. The van der Waals surface area contributed by atoms with Gasteiger partial charge in [0.1, 0.15) is 54.6 Å². The summed E-state index contributed by atoms with van der Waals surface area (Å²) in [6.07, 6.45) is 3.48. The van der Waals surface area contributed by atoms with Crippen molar-refractivity contribution in [1.29, 1.82) is 0 Å². The second-order valence-corrected chi connectivity index (χ2v) is 26.1. The van der Waals surface area contributed by atoms with Crippen molar-refractivity contribution in [2.45, 2.75) is 153 Å². The van der Waals surface area contributed by atoms with Gasteiger partial charge in [-0.05, 0) is 94.4 Å². The van der Waals surface area contributed by atoms with Gasteiger partial charge in [0.05, 0.1) is 29.2 Å². The summed E-state index contributed by atoms with van der Waals surface area (Å²) in [5, 5.41) is 1.53. The topological polar surface area (TPSA) is 93.2 Å². The van der Waals surface area contributed by atoms with Gasteiger partial charge in [-0.25, -0.2) is 18.6 Å². The molecule has 5 aliphatic rings. The van der Waals surface area contributed by atoms with E-state index in [1.165, 1.54) is 6.07 Å². The third-order valence-electron chi connectivity index (χ3n) is 15.0. The summed E-state index contributed by atoms with van der Waals surface area (Å²) in [7, 11) is -2.29. The highest BCUT2D eigenvalue weighted by Gasteiger charge is 2.54. The molecule has 5 aliphatic heterocycles. The highest BCUT2D eigenvalue weighted by atomic mass is 28.3. The fourth-order valence-corrected chi connectivity index (χ4v) is 17.4. The lowest BCUT2D eigenvalue weighted by atomic mass is 9.91. The zero-order valence-electron chi connectivity index (χ0n) is 38.6. The highest BCUT2D eigenvalue weighted by molar-refractivity contribution is 6.90. The zero-order valence-corrected chi connectivity index (χ0v) is 39.6. The van der Waals surface area contributed by atoms with E-state index in [-0.39, 0.29) is 65.0 Å². The predicted molar refractivity (Wildman–Crippen MR) is 247 cm³/mol. The first-order chi connectivity index (χ1) is 29.9. The molecule has 2 aromatic heterocycles. The van der Waals surface area contributed by atoms with Crippen LogP contribution in [0.3, 0.4) is 0 Å². The van der Waals surface area contributed by atoms with Gasteiger partial charge >= 0.3 is 12.1 Å². The molecule has 0 saturated carbocycles. The largest absolute Gasteiger partial charge is 0.472 e. The van der Waals surface area contributed by atoms with Crippen molar-refractivity contribution in [3.8, 4) is 34.6 Å². The molecular formula is C50H62F2N6O4Si. The molecule has 5 atom stereocenters. The van der Waals surface area contributed by atoms with E-state index in [2.05, 4.69) is 69.4 Å². The molecule has 0 spiro atoms. The minimum absolute atomic E-state index is 0.00248. The summed E-state index contributed by atoms with van der Waals surface area (Å²) in [4.78, 5) is 35.3. The summed E-state index contributed by atoms with van der Waals surface area (Å²) >= 11 is 0. The van der Waals surface area contributed by atoms with Crippen LogP contribution in [-0.4, -0.2) is 101 Å². The van der Waals surface area contributed by atoms with Crippen LogP contribution in [0.1, 0.15) is 107 Å². The summed E-state index contributed by atoms with van der Waals surface area (Å²) in [5.41, 5.74) is 5.42. The Balaban J connectivity index is 1.23. The van der Waals surface area contributed by atoms with E-state index in [0.717, 1.165) is 50.8 Å². The summed E-state index contributed by atoms with van der Waals surface area (Å²) in [5.74, 6) is 2.84. The van der Waals surface area contributed by atoms with E-state index in [1.54, 1.807) is 12.1 Å². The molecule has 0 aliphatic carbocycles. The number of amides is 1. The Kier molecular flexibility index (Phi) is 10.8. The summed E-state index contributed by atoms with van der Waals surface area (Å²) in [6.45, 7) is 28.0. The maximum absolute atomic E-state index is 18.0. The number of aromatic nitrogens is 3. The molecule has 63 heavy (non-hydrogen) atoms. The molecule has 334 valence electrons. The molecular weight excluding hydrogens is 815 g/mol. The number of ether oxygens (including phenoxy) is 3. The summed E-state index contributed by atoms with van der Waals surface area (Å²) < 4.78 is 53.7. The molecule has 10 nitrogen and oxygen atoms in total. The number of carbonyl (C=O) groups is 1. The van der Waals surface area contributed by atoms with Crippen LogP contribution in [0.4, 0.5) is 19.4 Å². The van der Waals surface area contributed by atoms with E-state index in [4.69, 9.17) is 29.2 Å². The van der Waals surface area contributed by atoms with Gasteiger partial charge in [-0.1, -0.05) is 83.9 Å². The van der Waals surface area contributed by atoms with Crippen LogP contribution in [0.5, 0.6) is 11.9 Å². The quantitative estimate of drug-likeness (QED) is 0.102. The zero-order chi connectivity index (χ0) is 44.9. The van der Waals surface area contributed by atoms with E-state index >= 15 is 8.78 Å². The molecule has 0 N–H and O–H groups in total. The van der Waals surface area contributed by atoms with Gasteiger partial charge < -0.3 is 19.1 Å². The van der Waals surface area contributed by atoms with E-state index in [1.807, 2.05) is 44.7 Å². The SMILES string of the molecule is C=C1CCN2CCCC12COc1nc2c3c(nc(-c4cccc5ccc(F)c(C#C[Si](C(C)C)(C(C)C)C(C)C)c45)c(F)c3n1)O[C@@H](C)[C@@H]1[C@@H]3CC[C@H](CN21)N3C(=O)OC(C)(C)C. The third kappa shape index (κ3) is 6.96. The standard InChI is InChI=1S/C50H62F2N6O4Si/c1-28(2)63(29(3)4,30(5)6)25-21-35-37(51)18-16-33-14-12-15-36(39(33)35)42-41(52)43-40-45(55-47(54-43)60-27-50-22-13-23-56(50)24-20-31(50)7)57-26-34-17-19-38(44(57)32(8)61-46(40)53-42)58(34)48(59)62-49(9,10)11/h12,14-16,18,28-30,32,34,38,44H,7,13,17,19-20,22-24,26-27H2,1-6,8-11H3/t32-,34+,38-,44+,50?/m0/s1. The highest BCUT2D eigenvalue weighted by Crippen LogP contribution is 2.49. The van der Waals surface area contributed by atoms with E-state index < -0.39 is 31.4 Å². The number of fused-ring (bicyclic) bond motifs is 7. The van der Waals surface area contributed by atoms with Crippen molar-refractivity contribution in [2.24, 2.45) is 0 Å². The van der Waals surface area contributed by atoms with Crippen molar-refractivity contribution in [1.82, 2.24) is 24.8 Å². The first-order valence-corrected chi connectivity index (χ1v) is 25.3. The Morgan fingerprint density at radius 2 is 1.76 bits per heavy atom. The molecule has 4 aromatic rings. The van der Waals surface area contributed by atoms with Gasteiger partial charge in [0, 0.05) is 24.0 Å².